The zero-order chi connectivity index (χ0) is 14.0. The van der Waals surface area contributed by atoms with Crippen molar-refractivity contribution >= 4 is 0 Å². The number of hydrogen-bond donors (Lipinski definition) is 2. The Morgan fingerprint density at radius 2 is 1.94 bits per heavy atom. The van der Waals surface area contributed by atoms with Gasteiger partial charge in [-0.3, -0.25) is 0 Å². The highest BCUT2D eigenvalue weighted by molar-refractivity contribution is 4.73. The first-order valence-corrected chi connectivity index (χ1v) is 7.05. The maximum Gasteiger partial charge on any atom is 0.0698 e. The van der Waals surface area contributed by atoms with Crippen molar-refractivity contribution in [2.24, 2.45) is 5.92 Å². The average molecular weight is 260 g/mol. The fraction of sp³-hybridized carbons (Fsp3) is 1.00. The summed E-state index contributed by atoms with van der Waals surface area (Å²) in [7, 11) is 0. The maximum absolute atomic E-state index is 8.63. The van der Waals surface area contributed by atoms with E-state index in [1.54, 1.807) is 0 Å². The van der Waals surface area contributed by atoms with Crippen LogP contribution in [0.3, 0.4) is 0 Å². The second-order valence-corrected chi connectivity index (χ2v) is 5.97. The molecule has 0 aromatic heterocycles. The van der Waals surface area contributed by atoms with Crippen LogP contribution in [0.15, 0.2) is 0 Å². The van der Waals surface area contributed by atoms with E-state index in [9.17, 15) is 0 Å². The summed E-state index contributed by atoms with van der Waals surface area (Å²) in [5.74, 6) is 0.627. The number of nitrogens with one attached hydrogen (secondary N) is 1. The molecule has 0 aliphatic rings. The standard InChI is InChI=1S/C14H32N2O2/c1-6-16(7-9-18-10-8-17)12-13(2)11-15-14(3,4)5/h13,15,17H,6-12H2,1-5H3. The molecule has 4 heteroatoms. The number of likely N-dealkylation sites (N-methyl/N-ethyl adjacent to an activating group) is 1. The molecule has 4 nitrogen and oxygen atoms in total. The summed E-state index contributed by atoms with van der Waals surface area (Å²) >= 11 is 0. The molecule has 0 aliphatic heterocycles. The highest BCUT2D eigenvalue weighted by Crippen LogP contribution is 2.03. The Morgan fingerprint density at radius 3 is 2.44 bits per heavy atom. The first-order valence-electron chi connectivity index (χ1n) is 7.05. The molecule has 0 aromatic carbocycles. The van der Waals surface area contributed by atoms with E-state index in [0.29, 0.717) is 19.1 Å². The summed E-state index contributed by atoms with van der Waals surface area (Å²) in [6.45, 7) is 16.4. The van der Waals surface area contributed by atoms with Gasteiger partial charge in [0.15, 0.2) is 0 Å². The lowest BCUT2D eigenvalue weighted by Gasteiger charge is -2.27. The topological polar surface area (TPSA) is 44.7 Å². The minimum absolute atomic E-state index is 0.109. The van der Waals surface area contributed by atoms with E-state index in [1.165, 1.54) is 0 Å². The van der Waals surface area contributed by atoms with Gasteiger partial charge < -0.3 is 20.1 Å². The van der Waals surface area contributed by atoms with Gasteiger partial charge in [-0.2, -0.15) is 0 Å². The zero-order valence-electron chi connectivity index (χ0n) is 12.8. The molecule has 1 unspecified atom stereocenters. The first-order chi connectivity index (χ1) is 8.39. The molecular formula is C14H32N2O2. The molecule has 0 bridgehead atoms. The van der Waals surface area contributed by atoms with Gasteiger partial charge in [-0.15, -0.1) is 0 Å². The Morgan fingerprint density at radius 1 is 1.28 bits per heavy atom. The lowest BCUT2D eigenvalue weighted by molar-refractivity contribution is 0.0716. The van der Waals surface area contributed by atoms with Crippen LogP contribution in [-0.4, -0.2) is 61.5 Å². The molecule has 0 saturated carbocycles. The number of hydrogen-bond acceptors (Lipinski definition) is 4. The van der Waals surface area contributed by atoms with Crippen LogP contribution in [-0.2, 0) is 4.74 Å². The van der Waals surface area contributed by atoms with Gasteiger partial charge in [-0.05, 0) is 39.8 Å². The summed E-state index contributed by atoms with van der Waals surface area (Å²) < 4.78 is 5.30. The number of rotatable bonds is 10. The lowest BCUT2D eigenvalue weighted by atomic mass is 10.1. The van der Waals surface area contributed by atoms with Crippen LogP contribution in [0.1, 0.15) is 34.6 Å². The molecule has 0 spiro atoms. The van der Waals surface area contributed by atoms with Crippen molar-refractivity contribution in [2.75, 3.05) is 46.0 Å². The molecule has 110 valence electrons. The van der Waals surface area contributed by atoms with Crippen LogP contribution in [0, 0.1) is 5.92 Å². The van der Waals surface area contributed by atoms with Crippen molar-refractivity contribution in [1.82, 2.24) is 10.2 Å². The minimum atomic E-state index is 0.109. The fourth-order valence-corrected chi connectivity index (χ4v) is 1.72. The smallest absolute Gasteiger partial charge is 0.0698 e. The second-order valence-electron chi connectivity index (χ2n) is 5.97. The molecular weight excluding hydrogens is 228 g/mol. The molecule has 0 aliphatic carbocycles. The fourth-order valence-electron chi connectivity index (χ4n) is 1.72. The van der Waals surface area contributed by atoms with E-state index < -0.39 is 0 Å². The third-order valence-corrected chi connectivity index (χ3v) is 2.79. The summed E-state index contributed by atoms with van der Waals surface area (Å²) in [5, 5.41) is 12.2. The van der Waals surface area contributed by atoms with E-state index in [0.717, 1.165) is 26.2 Å². The van der Waals surface area contributed by atoms with E-state index >= 15 is 0 Å². The van der Waals surface area contributed by atoms with E-state index in [-0.39, 0.29) is 12.1 Å². The lowest BCUT2D eigenvalue weighted by Crippen LogP contribution is -2.42. The molecule has 0 saturated heterocycles. The molecule has 0 heterocycles. The van der Waals surface area contributed by atoms with Crippen molar-refractivity contribution < 1.29 is 9.84 Å². The van der Waals surface area contributed by atoms with Crippen molar-refractivity contribution in [1.29, 1.82) is 0 Å². The van der Waals surface area contributed by atoms with Crippen LogP contribution in [0.2, 0.25) is 0 Å². The summed E-state index contributed by atoms with van der Waals surface area (Å²) in [6, 6.07) is 0. The van der Waals surface area contributed by atoms with Crippen molar-refractivity contribution in [2.45, 2.75) is 40.2 Å². The monoisotopic (exact) mass is 260 g/mol. The van der Waals surface area contributed by atoms with E-state index in [4.69, 9.17) is 9.84 Å². The van der Waals surface area contributed by atoms with Crippen LogP contribution in [0.25, 0.3) is 0 Å². The SMILES string of the molecule is CCN(CCOCCO)CC(C)CNC(C)(C)C. The molecule has 2 N–H and O–H groups in total. The number of aliphatic hydroxyl groups is 1. The normalized spacial score (nSPS) is 14.2. The predicted molar refractivity (Wildman–Crippen MR) is 76.9 cm³/mol. The minimum Gasteiger partial charge on any atom is -0.394 e. The van der Waals surface area contributed by atoms with Gasteiger partial charge >= 0.3 is 0 Å². The third kappa shape index (κ3) is 11.0. The van der Waals surface area contributed by atoms with Crippen molar-refractivity contribution in [3.63, 3.8) is 0 Å². The predicted octanol–water partition coefficient (Wildman–Crippen LogP) is 1.34. The molecule has 0 fully saturated rings. The summed E-state index contributed by atoms with van der Waals surface area (Å²) in [5.41, 5.74) is 0.190. The van der Waals surface area contributed by atoms with Gasteiger partial charge in [0.25, 0.3) is 0 Å². The van der Waals surface area contributed by atoms with Gasteiger partial charge in [0.1, 0.15) is 0 Å². The first kappa shape index (κ1) is 17.8. The Hall–Kier alpha value is -0.160. The maximum atomic E-state index is 8.63. The van der Waals surface area contributed by atoms with Crippen LogP contribution >= 0.6 is 0 Å². The Bertz CT molecular complexity index is 193. The van der Waals surface area contributed by atoms with Crippen molar-refractivity contribution in [3.05, 3.63) is 0 Å². The van der Waals surface area contributed by atoms with Crippen LogP contribution < -0.4 is 5.32 Å². The molecule has 0 rings (SSSR count). The number of aliphatic hydroxyl groups excluding tert-OH is 1. The highest BCUT2D eigenvalue weighted by Gasteiger charge is 2.13. The Labute approximate surface area is 113 Å². The Balaban J connectivity index is 3.75. The Kier molecular flexibility index (Phi) is 9.64. The molecule has 0 amide bonds. The van der Waals surface area contributed by atoms with Crippen LogP contribution in [0.5, 0.6) is 0 Å². The third-order valence-electron chi connectivity index (χ3n) is 2.79. The summed E-state index contributed by atoms with van der Waals surface area (Å²) in [6.07, 6.45) is 0. The van der Waals surface area contributed by atoms with Gasteiger partial charge in [0, 0.05) is 18.6 Å². The van der Waals surface area contributed by atoms with Crippen molar-refractivity contribution in [3.8, 4) is 0 Å². The molecule has 0 radical (unpaired) electrons. The quantitative estimate of drug-likeness (QED) is 0.582. The van der Waals surface area contributed by atoms with Gasteiger partial charge in [-0.1, -0.05) is 13.8 Å². The highest BCUT2D eigenvalue weighted by atomic mass is 16.5. The van der Waals surface area contributed by atoms with Gasteiger partial charge in [-0.25, -0.2) is 0 Å². The van der Waals surface area contributed by atoms with E-state index in [2.05, 4.69) is 44.8 Å². The number of nitrogens with zero attached hydrogens (tertiary/aromatic N) is 1. The van der Waals surface area contributed by atoms with Gasteiger partial charge in [0.05, 0.1) is 19.8 Å². The zero-order valence-corrected chi connectivity index (χ0v) is 12.8. The molecule has 0 aromatic rings. The largest absolute Gasteiger partial charge is 0.394 e. The average Bonchev–Trinajstić information content (AvgIpc) is 2.29. The second kappa shape index (κ2) is 9.73. The van der Waals surface area contributed by atoms with Crippen LogP contribution in [0.4, 0.5) is 0 Å². The molecule has 1 atom stereocenters. The summed E-state index contributed by atoms with van der Waals surface area (Å²) in [4.78, 5) is 2.40. The van der Waals surface area contributed by atoms with E-state index in [1.807, 2.05) is 0 Å². The number of ether oxygens (including phenoxy) is 1. The van der Waals surface area contributed by atoms with Gasteiger partial charge in [0.2, 0.25) is 0 Å². The molecule has 18 heavy (non-hydrogen) atoms.